The normalized spacial score (nSPS) is 12.4. The molecule has 1 atom stereocenters. The lowest BCUT2D eigenvalue weighted by Crippen LogP contribution is -2.35. The Kier molecular flexibility index (Phi) is 5.55. The van der Waals surface area contributed by atoms with Crippen molar-refractivity contribution in [2.75, 3.05) is 20.3 Å². The predicted octanol–water partition coefficient (Wildman–Crippen LogP) is 0.692. The fourth-order valence-electron chi connectivity index (χ4n) is 1.38. The van der Waals surface area contributed by atoms with E-state index in [1.165, 1.54) is 12.1 Å². The minimum Gasteiger partial charge on any atom is -0.395 e. The fourth-order valence-corrected chi connectivity index (χ4v) is 1.38. The first-order valence-electron chi connectivity index (χ1n) is 5.24. The molecule has 0 aliphatic carbocycles. The Bertz CT molecular complexity index is 353. The highest BCUT2D eigenvalue weighted by Crippen LogP contribution is 2.11. The van der Waals surface area contributed by atoms with E-state index in [1.54, 1.807) is 19.2 Å². The van der Waals surface area contributed by atoms with Crippen LogP contribution in [0.3, 0.4) is 0 Å². The van der Waals surface area contributed by atoms with Gasteiger partial charge in [-0.1, -0.05) is 12.1 Å². The Balaban J connectivity index is 2.48. The van der Waals surface area contributed by atoms with Crippen LogP contribution in [-0.4, -0.2) is 36.4 Å². The highest BCUT2D eigenvalue weighted by Gasteiger charge is 2.07. The van der Waals surface area contributed by atoms with Gasteiger partial charge in [0.05, 0.1) is 24.2 Å². The van der Waals surface area contributed by atoms with Crippen molar-refractivity contribution in [3.8, 4) is 0 Å². The summed E-state index contributed by atoms with van der Waals surface area (Å²) < 4.78 is 4.92. The van der Waals surface area contributed by atoms with Crippen LogP contribution in [0.5, 0.6) is 0 Å². The number of benzene rings is 1. The Hall–Kier alpha value is -1.50. The average Bonchev–Trinajstić information content (AvgIpc) is 2.35. The maximum Gasteiger partial charge on any atom is 0.269 e. The van der Waals surface area contributed by atoms with Crippen LogP contribution in [0.1, 0.15) is 5.56 Å². The molecular formula is C11H16N2O4. The summed E-state index contributed by atoms with van der Waals surface area (Å²) in [5.41, 5.74) is 0.995. The molecule has 0 aliphatic rings. The Labute approximate surface area is 99.4 Å². The van der Waals surface area contributed by atoms with E-state index >= 15 is 0 Å². The zero-order valence-corrected chi connectivity index (χ0v) is 9.63. The van der Waals surface area contributed by atoms with Crippen LogP contribution in [0.25, 0.3) is 0 Å². The molecule has 6 nitrogen and oxygen atoms in total. The first kappa shape index (κ1) is 13.6. The van der Waals surface area contributed by atoms with Gasteiger partial charge in [0, 0.05) is 25.8 Å². The number of aliphatic hydroxyl groups excluding tert-OH is 1. The van der Waals surface area contributed by atoms with Gasteiger partial charge in [0.2, 0.25) is 0 Å². The number of non-ortho nitro benzene ring substituents is 1. The molecule has 1 unspecified atom stereocenters. The predicted molar refractivity (Wildman–Crippen MR) is 62.7 cm³/mol. The largest absolute Gasteiger partial charge is 0.395 e. The van der Waals surface area contributed by atoms with Crippen molar-refractivity contribution >= 4 is 5.69 Å². The van der Waals surface area contributed by atoms with Crippen molar-refractivity contribution in [1.29, 1.82) is 0 Å². The molecule has 0 amide bonds. The van der Waals surface area contributed by atoms with Crippen molar-refractivity contribution in [1.82, 2.24) is 5.32 Å². The van der Waals surface area contributed by atoms with Gasteiger partial charge in [-0.2, -0.15) is 0 Å². The fraction of sp³-hybridized carbons (Fsp3) is 0.455. The SMILES string of the molecule is COCC(CO)NCc1ccc([N+](=O)[O-])cc1. The minimum absolute atomic E-state index is 0.0131. The molecule has 0 fully saturated rings. The van der Waals surface area contributed by atoms with Gasteiger partial charge in [0.15, 0.2) is 0 Å². The summed E-state index contributed by atoms with van der Waals surface area (Å²) in [4.78, 5) is 10.0. The Morgan fingerprint density at radius 1 is 1.47 bits per heavy atom. The van der Waals surface area contributed by atoms with E-state index in [4.69, 9.17) is 9.84 Å². The lowest BCUT2D eigenvalue weighted by atomic mass is 10.2. The van der Waals surface area contributed by atoms with E-state index < -0.39 is 4.92 Å². The molecule has 0 aliphatic heterocycles. The Morgan fingerprint density at radius 2 is 2.12 bits per heavy atom. The summed E-state index contributed by atoms with van der Waals surface area (Å²) in [6.07, 6.45) is 0. The number of rotatable bonds is 7. The minimum atomic E-state index is -0.432. The third-order valence-corrected chi connectivity index (χ3v) is 2.33. The van der Waals surface area contributed by atoms with Crippen molar-refractivity contribution in [2.24, 2.45) is 0 Å². The zero-order chi connectivity index (χ0) is 12.7. The molecule has 2 N–H and O–H groups in total. The van der Waals surface area contributed by atoms with Crippen LogP contribution in [0, 0.1) is 10.1 Å². The molecule has 1 aromatic rings. The monoisotopic (exact) mass is 240 g/mol. The number of nitro groups is 1. The van der Waals surface area contributed by atoms with Crippen LogP contribution in [-0.2, 0) is 11.3 Å². The maximum absolute atomic E-state index is 10.5. The number of methoxy groups -OCH3 is 1. The second-order valence-electron chi connectivity index (χ2n) is 3.64. The summed E-state index contributed by atoms with van der Waals surface area (Å²) in [6, 6.07) is 6.16. The summed E-state index contributed by atoms with van der Waals surface area (Å²) in [7, 11) is 1.57. The van der Waals surface area contributed by atoms with Crippen LogP contribution >= 0.6 is 0 Å². The van der Waals surface area contributed by atoms with Crippen molar-refractivity contribution in [3.63, 3.8) is 0 Å². The lowest BCUT2D eigenvalue weighted by molar-refractivity contribution is -0.384. The van der Waals surface area contributed by atoms with Gasteiger partial charge in [0.1, 0.15) is 0 Å². The van der Waals surface area contributed by atoms with E-state index in [0.717, 1.165) is 5.56 Å². The first-order valence-corrected chi connectivity index (χ1v) is 5.24. The summed E-state index contributed by atoms with van der Waals surface area (Å²) in [5, 5.41) is 22.6. The second kappa shape index (κ2) is 6.95. The van der Waals surface area contributed by atoms with Gasteiger partial charge < -0.3 is 15.2 Å². The molecule has 0 saturated carbocycles. The van der Waals surface area contributed by atoms with E-state index in [-0.39, 0.29) is 18.3 Å². The van der Waals surface area contributed by atoms with Gasteiger partial charge in [-0.25, -0.2) is 0 Å². The molecule has 6 heteroatoms. The summed E-state index contributed by atoms with van der Waals surface area (Å²) in [6.45, 7) is 0.941. The van der Waals surface area contributed by atoms with Crippen LogP contribution < -0.4 is 5.32 Å². The highest BCUT2D eigenvalue weighted by molar-refractivity contribution is 5.32. The van der Waals surface area contributed by atoms with E-state index in [9.17, 15) is 10.1 Å². The molecule has 1 rings (SSSR count). The van der Waals surface area contributed by atoms with Crippen LogP contribution in [0.15, 0.2) is 24.3 Å². The molecule has 0 saturated heterocycles. The van der Waals surface area contributed by atoms with Gasteiger partial charge in [-0.05, 0) is 5.56 Å². The molecule has 0 aromatic heterocycles. The highest BCUT2D eigenvalue weighted by atomic mass is 16.6. The molecule has 0 radical (unpaired) electrons. The van der Waals surface area contributed by atoms with Gasteiger partial charge >= 0.3 is 0 Å². The maximum atomic E-state index is 10.5. The molecule has 17 heavy (non-hydrogen) atoms. The number of nitro benzene ring substituents is 1. The smallest absolute Gasteiger partial charge is 0.269 e. The zero-order valence-electron chi connectivity index (χ0n) is 9.63. The van der Waals surface area contributed by atoms with Crippen molar-refractivity contribution in [2.45, 2.75) is 12.6 Å². The first-order chi connectivity index (χ1) is 8.17. The summed E-state index contributed by atoms with van der Waals surface area (Å²) in [5.74, 6) is 0. The van der Waals surface area contributed by atoms with Crippen LogP contribution in [0.2, 0.25) is 0 Å². The lowest BCUT2D eigenvalue weighted by Gasteiger charge is -2.14. The van der Waals surface area contributed by atoms with Crippen molar-refractivity contribution < 1.29 is 14.8 Å². The van der Waals surface area contributed by atoms with Gasteiger partial charge in [-0.15, -0.1) is 0 Å². The average molecular weight is 240 g/mol. The summed E-state index contributed by atoms with van der Waals surface area (Å²) >= 11 is 0. The number of hydrogen-bond donors (Lipinski definition) is 2. The molecule has 94 valence electrons. The molecule has 0 spiro atoms. The quantitative estimate of drug-likeness (QED) is 0.541. The molecule has 0 bridgehead atoms. The number of aliphatic hydroxyl groups is 1. The Morgan fingerprint density at radius 3 is 2.59 bits per heavy atom. The van der Waals surface area contributed by atoms with Gasteiger partial charge in [-0.3, -0.25) is 10.1 Å². The standard InChI is InChI=1S/C11H16N2O4/c1-17-8-10(7-14)12-6-9-2-4-11(5-3-9)13(15)16/h2-5,10,12,14H,6-8H2,1H3. The topological polar surface area (TPSA) is 84.6 Å². The number of nitrogens with zero attached hydrogens (tertiary/aromatic N) is 1. The number of nitrogens with one attached hydrogen (secondary N) is 1. The van der Waals surface area contributed by atoms with E-state index in [1.807, 2.05) is 0 Å². The van der Waals surface area contributed by atoms with E-state index in [0.29, 0.717) is 13.2 Å². The third kappa shape index (κ3) is 4.48. The number of hydrogen-bond acceptors (Lipinski definition) is 5. The van der Waals surface area contributed by atoms with Crippen molar-refractivity contribution in [3.05, 3.63) is 39.9 Å². The molecular weight excluding hydrogens is 224 g/mol. The molecule has 0 heterocycles. The second-order valence-corrected chi connectivity index (χ2v) is 3.64. The number of ether oxygens (including phenoxy) is 1. The van der Waals surface area contributed by atoms with Gasteiger partial charge in [0.25, 0.3) is 5.69 Å². The molecule has 1 aromatic carbocycles. The van der Waals surface area contributed by atoms with E-state index in [2.05, 4.69) is 5.32 Å². The third-order valence-electron chi connectivity index (χ3n) is 2.33. The van der Waals surface area contributed by atoms with Crippen LogP contribution in [0.4, 0.5) is 5.69 Å².